The van der Waals surface area contributed by atoms with Gasteiger partial charge in [-0.25, -0.2) is 4.83 Å². The van der Waals surface area contributed by atoms with Gasteiger partial charge < -0.3 is 0 Å². The SMILES string of the molecule is C/C(=C(/C=C/c1ccccc1)c1ccccc1)c1ccccc1/C=N/NS(=O)(=O)c1ccc(C)cc1. The molecule has 0 fully saturated rings. The van der Waals surface area contributed by atoms with Gasteiger partial charge in [-0.15, -0.1) is 0 Å². The maximum atomic E-state index is 12.6. The predicted molar refractivity (Wildman–Crippen MR) is 150 cm³/mol. The smallest absolute Gasteiger partial charge is 0.200 e. The molecule has 0 heterocycles. The largest absolute Gasteiger partial charge is 0.276 e. The molecule has 4 aromatic rings. The number of nitrogens with one attached hydrogen (secondary N) is 1. The van der Waals surface area contributed by atoms with Crippen LogP contribution in [0.1, 0.15) is 34.7 Å². The average molecular weight is 493 g/mol. The van der Waals surface area contributed by atoms with Crippen LogP contribution < -0.4 is 4.83 Å². The van der Waals surface area contributed by atoms with Crippen molar-refractivity contribution < 1.29 is 8.42 Å². The van der Waals surface area contributed by atoms with Crippen LogP contribution >= 0.6 is 0 Å². The Kier molecular flexibility index (Phi) is 7.93. The molecule has 1 N–H and O–H groups in total. The van der Waals surface area contributed by atoms with Gasteiger partial charge in [0, 0.05) is 5.56 Å². The van der Waals surface area contributed by atoms with Crippen LogP contribution in [-0.4, -0.2) is 14.6 Å². The summed E-state index contributed by atoms with van der Waals surface area (Å²) in [6, 6.07) is 34.8. The number of rotatable bonds is 8. The number of hydrazone groups is 1. The summed E-state index contributed by atoms with van der Waals surface area (Å²) in [5.74, 6) is 0. The Bertz CT molecular complexity index is 1500. The van der Waals surface area contributed by atoms with Gasteiger partial charge in [0.2, 0.25) is 0 Å². The first-order chi connectivity index (χ1) is 17.4. The van der Waals surface area contributed by atoms with Gasteiger partial charge in [0.1, 0.15) is 0 Å². The molecule has 4 rings (SSSR count). The van der Waals surface area contributed by atoms with E-state index in [2.05, 4.69) is 53.3 Å². The molecule has 0 bridgehead atoms. The number of sulfonamides is 1. The van der Waals surface area contributed by atoms with Gasteiger partial charge in [0.05, 0.1) is 11.1 Å². The molecule has 4 nitrogen and oxygen atoms in total. The lowest BCUT2D eigenvalue weighted by atomic mass is 9.92. The molecular weight excluding hydrogens is 464 g/mol. The van der Waals surface area contributed by atoms with Crippen molar-refractivity contribution in [1.82, 2.24) is 4.83 Å². The molecule has 36 heavy (non-hydrogen) atoms. The zero-order valence-corrected chi connectivity index (χ0v) is 21.1. The molecule has 4 aromatic carbocycles. The minimum absolute atomic E-state index is 0.173. The van der Waals surface area contributed by atoms with Gasteiger partial charge in [-0.05, 0) is 53.8 Å². The van der Waals surface area contributed by atoms with Crippen LogP contribution in [0.3, 0.4) is 0 Å². The third-order valence-corrected chi connectivity index (χ3v) is 7.04. The number of benzene rings is 4. The molecule has 0 saturated carbocycles. The van der Waals surface area contributed by atoms with E-state index in [-0.39, 0.29) is 4.90 Å². The minimum Gasteiger partial charge on any atom is -0.200 e. The van der Waals surface area contributed by atoms with E-state index in [1.165, 1.54) is 0 Å². The summed E-state index contributed by atoms with van der Waals surface area (Å²) in [5.41, 5.74) is 7.09. The summed E-state index contributed by atoms with van der Waals surface area (Å²) in [7, 11) is -3.75. The van der Waals surface area contributed by atoms with Gasteiger partial charge in [0.25, 0.3) is 10.0 Å². The van der Waals surface area contributed by atoms with Crippen molar-refractivity contribution in [3.8, 4) is 0 Å². The van der Waals surface area contributed by atoms with E-state index in [1.54, 1.807) is 30.5 Å². The molecule has 180 valence electrons. The van der Waals surface area contributed by atoms with Crippen LogP contribution in [0.5, 0.6) is 0 Å². The molecular formula is C31H28N2O2S. The number of hydrogen-bond donors (Lipinski definition) is 1. The highest BCUT2D eigenvalue weighted by Crippen LogP contribution is 2.29. The highest BCUT2D eigenvalue weighted by atomic mass is 32.2. The second-order valence-corrected chi connectivity index (χ2v) is 10.1. The summed E-state index contributed by atoms with van der Waals surface area (Å²) in [6.45, 7) is 3.98. The maximum Gasteiger partial charge on any atom is 0.276 e. The zero-order chi connectivity index (χ0) is 25.4. The molecule has 0 atom stereocenters. The number of nitrogens with zero attached hydrogens (tertiary/aromatic N) is 1. The Morgan fingerprint density at radius 3 is 2.08 bits per heavy atom. The van der Waals surface area contributed by atoms with Gasteiger partial charge in [-0.1, -0.05) is 115 Å². The van der Waals surface area contributed by atoms with E-state index >= 15 is 0 Å². The molecule has 0 unspecified atom stereocenters. The van der Waals surface area contributed by atoms with Crippen LogP contribution in [0.25, 0.3) is 17.2 Å². The van der Waals surface area contributed by atoms with E-state index in [4.69, 9.17) is 0 Å². The monoisotopic (exact) mass is 492 g/mol. The highest BCUT2D eigenvalue weighted by molar-refractivity contribution is 7.89. The molecule has 0 spiro atoms. The van der Waals surface area contributed by atoms with E-state index in [0.717, 1.165) is 39.0 Å². The molecule has 0 amide bonds. The standard InChI is InChI=1S/C31H28N2O2S/c1-24-17-20-29(21-18-24)36(34,35)33-32-23-28-15-9-10-16-30(28)25(2)31(27-13-7-4-8-14-27)22-19-26-11-5-3-6-12-26/h3-23,33H,1-2H3/b22-19+,31-25+,32-23+. The first-order valence-electron chi connectivity index (χ1n) is 11.6. The molecule has 5 heteroatoms. The Morgan fingerprint density at radius 1 is 0.778 bits per heavy atom. The summed E-state index contributed by atoms with van der Waals surface area (Å²) >= 11 is 0. The molecule has 0 aliphatic rings. The predicted octanol–water partition coefficient (Wildman–Crippen LogP) is 6.95. The number of aryl methyl sites for hydroxylation is 1. The molecule has 0 aliphatic heterocycles. The van der Waals surface area contributed by atoms with Gasteiger partial charge in [0.15, 0.2) is 0 Å². The third-order valence-electron chi connectivity index (χ3n) is 5.80. The minimum atomic E-state index is -3.75. The van der Waals surface area contributed by atoms with Crippen molar-refractivity contribution in [1.29, 1.82) is 0 Å². The average Bonchev–Trinajstić information content (AvgIpc) is 2.90. The van der Waals surface area contributed by atoms with Crippen molar-refractivity contribution in [2.75, 3.05) is 0 Å². The maximum absolute atomic E-state index is 12.6. The van der Waals surface area contributed by atoms with Crippen molar-refractivity contribution in [2.45, 2.75) is 18.7 Å². The van der Waals surface area contributed by atoms with E-state index in [0.29, 0.717) is 0 Å². The van der Waals surface area contributed by atoms with E-state index in [9.17, 15) is 8.42 Å². The zero-order valence-electron chi connectivity index (χ0n) is 20.3. The van der Waals surface area contributed by atoms with Gasteiger partial charge in [-0.2, -0.15) is 13.5 Å². The fourth-order valence-electron chi connectivity index (χ4n) is 3.83. The van der Waals surface area contributed by atoms with E-state index < -0.39 is 10.0 Å². The lowest BCUT2D eigenvalue weighted by Crippen LogP contribution is -2.18. The normalized spacial score (nSPS) is 12.6. The Morgan fingerprint density at radius 2 is 1.39 bits per heavy atom. The second kappa shape index (κ2) is 11.5. The molecule has 0 aliphatic carbocycles. The first kappa shape index (κ1) is 24.9. The quantitative estimate of drug-likeness (QED) is 0.125. The Balaban J connectivity index is 1.69. The molecule has 0 saturated heterocycles. The molecule has 0 radical (unpaired) electrons. The first-order valence-corrected chi connectivity index (χ1v) is 13.1. The van der Waals surface area contributed by atoms with Crippen LogP contribution in [0, 0.1) is 6.92 Å². The molecule has 0 aromatic heterocycles. The summed E-state index contributed by atoms with van der Waals surface area (Å²) in [5, 5.41) is 4.08. The fourth-order valence-corrected chi connectivity index (χ4v) is 4.62. The van der Waals surface area contributed by atoms with Crippen LogP contribution in [0.4, 0.5) is 0 Å². The van der Waals surface area contributed by atoms with Crippen LogP contribution in [0.15, 0.2) is 125 Å². The fraction of sp³-hybridized carbons (Fsp3) is 0.0645. The summed E-state index contributed by atoms with van der Waals surface area (Å²) in [6.07, 6.45) is 5.76. The van der Waals surface area contributed by atoms with Crippen molar-refractivity contribution in [3.05, 3.63) is 143 Å². The topological polar surface area (TPSA) is 58.5 Å². The highest BCUT2D eigenvalue weighted by Gasteiger charge is 2.13. The Labute approximate surface area is 213 Å². The van der Waals surface area contributed by atoms with Crippen molar-refractivity contribution >= 4 is 33.5 Å². The summed E-state index contributed by atoms with van der Waals surface area (Å²) < 4.78 is 25.2. The second-order valence-electron chi connectivity index (χ2n) is 8.40. The number of hydrogen-bond acceptors (Lipinski definition) is 3. The van der Waals surface area contributed by atoms with Crippen molar-refractivity contribution in [3.63, 3.8) is 0 Å². The number of allylic oxidation sites excluding steroid dienone is 3. The van der Waals surface area contributed by atoms with Gasteiger partial charge >= 0.3 is 0 Å². The van der Waals surface area contributed by atoms with Crippen LogP contribution in [0.2, 0.25) is 0 Å². The van der Waals surface area contributed by atoms with E-state index in [1.807, 2.05) is 67.6 Å². The third kappa shape index (κ3) is 6.26. The van der Waals surface area contributed by atoms with Crippen molar-refractivity contribution in [2.24, 2.45) is 5.10 Å². The lowest BCUT2D eigenvalue weighted by molar-refractivity contribution is 0.584. The Hall–Kier alpha value is -4.22. The summed E-state index contributed by atoms with van der Waals surface area (Å²) in [4.78, 5) is 2.50. The van der Waals surface area contributed by atoms with Crippen LogP contribution in [-0.2, 0) is 10.0 Å². The lowest BCUT2D eigenvalue weighted by Gasteiger charge is -2.12. The van der Waals surface area contributed by atoms with Gasteiger partial charge in [-0.3, -0.25) is 0 Å².